The van der Waals surface area contributed by atoms with Crippen LogP contribution in [0.2, 0.25) is 0 Å². The zero-order valence-electron chi connectivity index (χ0n) is 12.2. The molecule has 2 aromatic rings. The van der Waals surface area contributed by atoms with Crippen LogP contribution in [0, 0.1) is 0 Å². The van der Waals surface area contributed by atoms with E-state index in [2.05, 4.69) is 38.3 Å². The van der Waals surface area contributed by atoms with Crippen molar-refractivity contribution in [3.05, 3.63) is 21.8 Å². The highest BCUT2D eigenvalue weighted by molar-refractivity contribution is 9.10. The molecule has 2 aromatic heterocycles. The van der Waals surface area contributed by atoms with Crippen molar-refractivity contribution in [3.63, 3.8) is 0 Å². The van der Waals surface area contributed by atoms with Crippen LogP contribution in [0.4, 0.5) is 0 Å². The number of hydrogen-bond acceptors (Lipinski definition) is 6. The molecular formula is C14H17BrN4O2S. The number of hydrogen-bond donors (Lipinski definition) is 1. The molecule has 1 saturated heterocycles. The highest BCUT2D eigenvalue weighted by Crippen LogP contribution is 2.27. The van der Waals surface area contributed by atoms with Gasteiger partial charge in [0.05, 0.1) is 4.88 Å². The van der Waals surface area contributed by atoms with E-state index in [0.29, 0.717) is 24.6 Å². The number of nitrogens with one attached hydrogen (secondary N) is 1. The maximum absolute atomic E-state index is 12.3. The molecule has 3 rings (SSSR count). The summed E-state index contributed by atoms with van der Waals surface area (Å²) in [5.41, 5.74) is 0. The van der Waals surface area contributed by atoms with Gasteiger partial charge in [-0.25, -0.2) is 0 Å². The normalized spacial score (nSPS) is 18.6. The summed E-state index contributed by atoms with van der Waals surface area (Å²) in [4.78, 5) is 19.5. The van der Waals surface area contributed by atoms with Gasteiger partial charge in [-0.15, -0.1) is 11.3 Å². The van der Waals surface area contributed by atoms with Gasteiger partial charge < -0.3 is 14.7 Å². The number of rotatable bonds is 4. The van der Waals surface area contributed by atoms with Crippen LogP contribution >= 0.6 is 27.3 Å². The summed E-state index contributed by atoms with van der Waals surface area (Å²) >= 11 is 4.95. The second-order valence-corrected chi connectivity index (χ2v) is 7.11. The second kappa shape index (κ2) is 6.89. The SMILES string of the molecule is C[C@H]1CNCCN1C(=O)CCc1nc(-c2cc(Br)cs2)no1. The van der Waals surface area contributed by atoms with Crippen LogP contribution in [0.15, 0.2) is 20.4 Å². The first-order chi connectivity index (χ1) is 10.6. The monoisotopic (exact) mass is 384 g/mol. The van der Waals surface area contributed by atoms with Crippen LogP contribution in [0.1, 0.15) is 19.2 Å². The van der Waals surface area contributed by atoms with Gasteiger partial charge in [0.25, 0.3) is 0 Å². The Kier molecular flexibility index (Phi) is 4.90. The standard InChI is InChI=1S/C14H17BrN4O2S/c1-9-7-16-4-5-19(9)13(20)3-2-12-17-14(18-21-12)11-6-10(15)8-22-11/h6,8-9,16H,2-5,7H2,1H3/t9-/m0/s1. The van der Waals surface area contributed by atoms with Gasteiger partial charge in [0.15, 0.2) is 0 Å². The van der Waals surface area contributed by atoms with Crippen LogP contribution in [0.25, 0.3) is 10.7 Å². The Morgan fingerprint density at radius 2 is 2.50 bits per heavy atom. The predicted molar refractivity (Wildman–Crippen MR) is 87.7 cm³/mol. The van der Waals surface area contributed by atoms with Crippen molar-refractivity contribution < 1.29 is 9.32 Å². The summed E-state index contributed by atoms with van der Waals surface area (Å²) in [6, 6.07) is 2.19. The van der Waals surface area contributed by atoms with Crippen LogP contribution in [0.5, 0.6) is 0 Å². The van der Waals surface area contributed by atoms with Gasteiger partial charge in [-0.1, -0.05) is 5.16 Å². The first-order valence-corrected chi connectivity index (χ1v) is 8.88. The zero-order chi connectivity index (χ0) is 15.5. The van der Waals surface area contributed by atoms with E-state index in [1.807, 2.05) is 16.3 Å². The van der Waals surface area contributed by atoms with Crippen molar-refractivity contribution in [2.75, 3.05) is 19.6 Å². The lowest BCUT2D eigenvalue weighted by Crippen LogP contribution is -2.52. The van der Waals surface area contributed by atoms with Crippen molar-refractivity contribution in [1.82, 2.24) is 20.4 Å². The molecule has 1 aliphatic heterocycles. The fraction of sp³-hybridized carbons (Fsp3) is 0.500. The Bertz CT molecular complexity index is 657. The number of aromatic nitrogens is 2. The number of thiophene rings is 1. The van der Waals surface area contributed by atoms with E-state index in [4.69, 9.17) is 4.52 Å². The highest BCUT2D eigenvalue weighted by atomic mass is 79.9. The van der Waals surface area contributed by atoms with Crippen molar-refractivity contribution in [3.8, 4) is 10.7 Å². The summed E-state index contributed by atoms with van der Waals surface area (Å²) in [5.74, 6) is 1.23. The van der Waals surface area contributed by atoms with Gasteiger partial charge in [-0.05, 0) is 28.9 Å². The van der Waals surface area contributed by atoms with E-state index in [9.17, 15) is 4.79 Å². The summed E-state index contributed by atoms with van der Waals surface area (Å²) in [6.45, 7) is 4.53. The lowest BCUT2D eigenvalue weighted by Gasteiger charge is -2.34. The minimum Gasteiger partial charge on any atom is -0.339 e. The maximum atomic E-state index is 12.3. The topological polar surface area (TPSA) is 71.3 Å². The van der Waals surface area contributed by atoms with Crippen LogP contribution in [-0.4, -0.2) is 46.6 Å². The molecule has 6 nitrogen and oxygen atoms in total. The zero-order valence-corrected chi connectivity index (χ0v) is 14.6. The van der Waals surface area contributed by atoms with E-state index < -0.39 is 0 Å². The van der Waals surface area contributed by atoms with Crippen LogP contribution < -0.4 is 5.32 Å². The maximum Gasteiger partial charge on any atom is 0.227 e. The average molecular weight is 385 g/mol. The predicted octanol–water partition coefficient (Wildman–Crippen LogP) is 2.31. The van der Waals surface area contributed by atoms with E-state index in [0.717, 1.165) is 29.0 Å². The Morgan fingerprint density at radius 3 is 3.23 bits per heavy atom. The van der Waals surface area contributed by atoms with Crippen molar-refractivity contribution in [2.45, 2.75) is 25.8 Å². The van der Waals surface area contributed by atoms with Crippen molar-refractivity contribution in [1.29, 1.82) is 0 Å². The molecule has 1 amide bonds. The molecule has 0 saturated carbocycles. The lowest BCUT2D eigenvalue weighted by atomic mass is 10.2. The number of carbonyl (C=O) groups excluding carboxylic acids is 1. The molecule has 0 spiro atoms. The molecular weight excluding hydrogens is 368 g/mol. The molecule has 0 aromatic carbocycles. The molecule has 22 heavy (non-hydrogen) atoms. The number of amides is 1. The number of halogens is 1. The largest absolute Gasteiger partial charge is 0.339 e. The molecule has 0 bridgehead atoms. The minimum atomic E-state index is 0.146. The van der Waals surface area contributed by atoms with E-state index >= 15 is 0 Å². The van der Waals surface area contributed by atoms with Gasteiger partial charge in [-0.3, -0.25) is 4.79 Å². The number of piperazine rings is 1. The number of carbonyl (C=O) groups is 1. The Balaban J connectivity index is 1.57. The first kappa shape index (κ1) is 15.6. The number of aryl methyl sites for hydroxylation is 1. The average Bonchev–Trinajstić information content (AvgIpc) is 3.14. The van der Waals surface area contributed by atoms with E-state index in [1.165, 1.54) is 0 Å². The molecule has 0 unspecified atom stereocenters. The van der Waals surface area contributed by atoms with Gasteiger partial charge in [0.1, 0.15) is 0 Å². The van der Waals surface area contributed by atoms with Gasteiger partial charge >= 0.3 is 0 Å². The fourth-order valence-electron chi connectivity index (χ4n) is 2.46. The molecule has 1 N–H and O–H groups in total. The first-order valence-electron chi connectivity index (χ1n) is 7.20. The lowest BCUT2D eigenvalue weighted by molar-refractivity contribution is -0.134. The second-order valence-electron chi connectivity index (χ2n) is 5.28. The molecule has 0 aliphatic carbocycles. The molecule has 1 aliphatic rings. The fourth-order valence-corrected chi connectivity index (χ4v) is 3.81. The van der Waals surface area contributed by atoms with Gasteiger partial charge in [-0.2, -0.15) is 4.98 Å². The quantitative estimate of drug-likeness (QED) is 0.875. The summed E-state index contributed by atoms with van der Waals surface area (Å²) in [6.07, 6.45) is 0.884. The van der Waals surface area contributed by atoms with Crippen LogP contribution in [0.3, 0.4) is 0 Å². The Labute approximate surface area is 141 Å². The third kappa shape index (κ3) is 3.56. The van der Waals surface area contributed by atoms with Gasteiger partial charge in [0, 0.05) is 48.4 Å². The smallest absolute Gasteiger partial charge is 0.227 e. The third-order valence-electron chi connectivity index (χ3n) is 3.63. The molecule has 0 radical (unpaired) electrons. The molecule has 1 fully saturated rings. The highest BCUT2D eigenvalue weighted by Gasteiger charge is 2.23. The van der Waals surface area contributed by atoms with Crippen molar-refractivity contribution >= 4 is 33.2 Å². The van der Waals surface area contributed by atoms with E-state index in [1.54, 1.807) is 11.3 Å². The molecule has 1 atom stereocenters. The summed E-state index contributed by atoms with van der Waals surface area (Å²) < 4.78 is 6.24. The van der Waals surface area contributed by atoms with Crippen molar-refractivity contribution in [2.24, 2.45) is 0 Å². The minimum absolute atomic E-state index is 0.146. The molecule has 118 valence electrons. The third-order valence-corrected chi connectivity index (χ3v) is 5.32. The molecule has 3 heterocycles. The summed E-state index contributed by atoms with van der Waals surface area (Å²) in [5, 5.41) is 9.23. The Morgan fingerprint density at radius 1 is 1.64 bits per heavy atom. The van der Waals surface area contributed by atoms with Gasteiger partial charge in [0.2, 0.25) is 17.6 Å². The molecule has 8 heteroatoms. The summed E-state index contributed by atoms with van der Waals surface area (Å²) in [7, 11) is 0. The Hall–Kier alpha value is -1.25. The number of nitrogens with zero attached hydrogens (tertiary/aromatic N) is 3. The van der Waals surface area contributed by atoms with Crippen LogP contribution in [-0.2, 0) is 11.2 Å². The van der Waals surface area contributed by atoms with E-state index in [-0.39, 0.29) is 11.9 Å².